The van der Waals surface area contributed by atoms with E-state index in [0.29, 0.717) is 5.92 Å². The molecule has 1 unspecified atom stereocenters. The van der Waals surface area contributed by atoms with Gasteiger partial charge in [0.2, 0.25) is 0 Å². The third kappa shape index (κ3) is 1.12. The summed E-state index contributed by atoms with van der Waals surface area (Å²) in [6, 6.07) is 18.4. The second-order valence-corrected chi connectivity index (χ2v) is 7.31. The molecule has 0 amide bonds. The van der Waals surface area contributed by atoms with Gasteiger partial charge in [-0.2, -0.15) is 0 Å². The summed E-state index contributed by atoms with van der Waals surface area (Å²) < 4.78 is 0. The summed E-state index contributed by atoms with van der Waals surface area (Å²) in [5, 5.41) is 8.62. The van der Waals surface area contributed by atoms with Crippen LogP contribution in [0.4, 0.5) is 0 Å². The molecule has 0 spiro atoms. The average Bonchev–Trinajstić information content (AvgIpc) is 2.65. The summed E-state index contributed by atoms with van der Waals surface area (Å²) in [7, 11) is 0. The van der Waals surface area contributed by atoms with Crippen molar-refractivity contribution >= 4 is 38.4 Å². The Morgan fingerprint density at radius 2 is 1.29 bits per heavy atom. The molecule has 0 aromatic heterocycles. The highest BCUT2D eigenvalue weighted by molar-refractivity contribution is 6.25. The molecule has 0 saturated carbocycles. The van der Waals surface area contributed by atoms with E-state index in [-0.39, 0.29) is 0 Å². The Morgan fingerprint density at radius 3 is 2.12 bits per heavy atom. The van der Waals surface area contributed by atoms with Crippen molar-refractivity contribution in [1.29, 1.82) is 0 Å². The van der Waals surface area contributed by atoms with Crippen LogP contribution in [0.5, 0.6) is 0 Å². The van der Waals surface area contributed by atoms with Gasteiger partial charge in [0.25, 0.3) is 0 Å². The number of hydrogen-bond donors (Lipinski definition) is 0. The van der Waals surface area contributed by atoms with Crippen molar-refractivity contribution in [2.75, 3.05) is 0 Å². The van der Waals surface area contributed by atoms with Crippen LogP contribution in [0.15, 0.2) is 66.3 Å². The predicted octanol–water partition coefficient (Wildman–Crippen LogP) is 6.10. The first-order valence-corrected chi connectivity index (χ1v) is 8.72. The van der Waals surface area contributed by atoms with Gasteiger partial charge >= 0.3 is 0 Å². The summed E-state index contributed by atoms with van der Waals surface area (Å²) in [6.45, 7) is 0. The Balaban J connectivity index is 1.94. The molecular formula is C24H14. The van der Waals surface area contributed by atoms with Gasteiger partial charge in [0, 0.05) is 5.92 Å². The molecule has 3 aliphatic carbocycles. The van der Waals surface area contributed by atoms with Gasteiger partial charge in [-0.15, -0.1) is 0 Å². The van der Waals surface area contributed by atoms with E-state index >= 15 is 0 Å². The first-order chi connectivity index (χ1) is 11.9. The van der Waals surface area contributed by atoms with E-state index in [4.69, 9.17) is 0 Å². The molecule has 0 heterocycles. The Bertz CT molecular complexity index is 1310. The fourth-order valence-electron chi connectivity index (χ4n) is 5.30. The van der Waals surface area contributed by atoms with E-state index in [9.17, 15) is 0 Å². The third-order valence-electron chi connectivity index (χ3n) is 6.28. The number of benzene rings is 4. The Labute approximate surface area is 139 Å². The standard InChI is InChI=1S/C24H14/c1-2-14-5-6-16-9-11-18-12-10-17-8-7-15-4-3-13(1)19-20(14)22(16)24(18)23(17)21(15)19/h1-11,23H,12H2. The quantitative estimate of drug-likeness (QED) is 0.344. The van der Waals surface area contributed by atoms with Crippen molar-refractivity contribution in [3.8, 4) is 0 Å². The Hall–Kier alpha value is -2.86. The van der Waals surface area contributed by atoms with Crippen LogP contribution in [0.25, 0.3) is 38.4 Å². The average molecular weight is 302 g/mol. The van der Waals surface area contributed by atoms with Gasteiger partial charge in [0.05, 0.1) is 0 Å². The van der Waals surface area contributed by atoms with Gasteiger partial charge in [-0.3, -0.25) is 0 Å². The molecule has 24 heavy (non-hydrogen) atoms. The van der Waals surface area contributed by atoms with Crippen LogP contribution in [-0.2, 0) is 6.42 Å². The van der Waals surface area contributed by atoms with E-state index < -0.39 is 0 Å². The van der Waals surface area contributed by atoms with Gasteiger partial charge in [0.15, 0.2) is 0 Å². The van der Waals surface area contributed by atoms with E-state index in [1.165, 1.54) is 49.0 Å². The first-order valence-electron chi connectivity index (χ1n) is 8.72. The van der Waals surface area contributed by atoms with Gasteiger partial charge in [-0.1, -0.05) is 66.8 Å². The Morgan fingerprint density at radius 1 is 0.625 bits per heavy atom. The van der Waals surface area contributed by atoms with Gasteiger partial charge in [0.1, 0.15) is 0 Å². The van der Waals surface area contributed by atoms with Crippen LogP contribution >= 0.6 is 0 Å². The molecule has 4 aromatic rings. The molecule has 0 radical (unpaired) electrons. The van der Waals surface area contributed by atoms with E-state index in [0.717, 1.165) is 6.42 Å². The third-order valence-corrected chi connectivity index (χ3v) is 6.28. The van der Waals surface area contributed by atoms with Crippen molar-refractivity contribution in [1.82, 2.24) is 0 Å². The molecule has 1 atom stereocenters. The molecule has 0 bridgehead atoms. The number of hydrogen-bond acceptors (Lipinski definition) is 0. The van der Waals surface area contributed by atoms with E-state index in [1.807, 2.05) is 0 Å². The second kappa shape index (κ2) is 3.62. The molecule has 0 saturated heterocycles. The number of rotatable bonds is 0. The molecule has 0 nitrogen and oxygen atoms in total. The zero-order valence-corrected chi connectivity index (χ0v) is 13.1. The largest absolute Gasteiger partial charge is 0.0759 e. The fourth-order valence-corrected chi connectivity index (χ4v) is 5.30. The molecule has 0 heteroatoms. The monoisotopic (exact) mass is 302 g/mol. The van der Waals surface area contributed by atoms with Gasteiger partial charge < -0.3 is 0 Å². The molecule has 110 valence electrons. The maximum atomic E-state index is 2.44. The highest BCUT2D eigenvalue weighted by atomic mass is 14.4. The van der Waals surface area contributed by atoms with Crippen molar-refractivity contribution in [2.45, 2.75) is 12.3 Å². The smallest absolute Gasteiger partial charge is 0.0358 e. The topological polar surface area (TPSA) is 0 Å². The maximum Gasteiger partial charge on any atom is 0.0358 e. The van der Waals surface area contributed by atoms with Crippen molar-refractivity contribution in [3.05, 3.63) is 88.5 Å². The molecule has 4 aromatic carbocycles. The van der Waals surface area contributed by atoms with Gasteiger partial charge in [-0.05, 0) is 66.6 Å². The highest BCUT2D eigenvalue weighted by Crippen LogP contribution is 2.54. The van der Waals surface area contributed by atoms with Crippen LogP contribution in [-0.4, -0.2) is 0 Å². The lowest BCUT2D eigenvalue weighted by Crippen LogP contribution is -2.18. The SMILES string of the molecule is C1=Cc2ccc3ccc4ccc5ccc6c7c5c4c3c2C7C1=CC6. The van der Waals surface area contributed by atoms with E-state index in [1.54, 1.807) is 11.1 Å². The van der Waals surface area contributed by atoms with Crippen LogP contribution in [0, 0.1) is 0 Å². The van der Waals surface area contributed by atoms with Crippen LogP contribution < -0.4 is 0 Å². The van der Waals surface area contributed by atoms with Crippen molar-refractivity contribution in [2.24, 2.45) is 0 Å². The van der Waals surface area contributed by atoms with Crippen molar-refractivity contribution in [3.63, 3.8) is 0 Å². The predicted molar refractivity (Wildman–Crippen MR) is 102 cm³/mol. The lowest BCUT2D eigenvalue weighted by Gasteiger charge is -2.36. The minimum absolute atomic E-state index is 0.432. The zero-order valence-electron chi connectivity index (χ0n) is 13.1. The Kier molecular flexibility index (Phi) is 1.76. The van der Waals surface area contributed by atoms with E-state index in [2.05, 4.69) is 66.8 Å². The van der Waals surface area contributed by atoms with Crippen LogP contribution in [0.1, 0.15) is 28.2 Å². The first kappa shape index (κ1) is 11.6. The molecule has 0 N–H and O–H groups in total. The summed E-state index contributed by atoms with van der Waals surface area (Å²) in [5.41, 5.74) is 7.51. The molecule has 3 aliphatic rings. The summed E-state index contributed by atoms with van der Waals surface area (Å²) in [4.78, 5) is 0. The summed E-state index contributed by atoms with van der Waals surface area (Å²) in [6.07, 6.45) is 8.15. The molecule has 0 fully saturated rings. The highest BCUT2D eigenvalue weighted by Gasteiger charge is 2.34. The van der Waals surface area contributed by atoms with Crippen LogP contribution in [0.2, 0.25) is 0 Å². The minimum Gasteiger partial charge on any atom is -0.0759 e. The van der Waals surface area contributed by atoms with Crippen LogP contribution in [0.3, 0.4) is 0 Å². The number of allylic oxidation sites excluding steroid dienone is 3. The summed E-state index contributed by atoms with van der Waals surface area (Å²) >= 11 is 0. The van der Waals surface area contributed by atoms with Crippen molar-refractivity contribution < 1.29 is 0 Å². The maximum absolute atomic E-state index is 2.44. The summed E-state index contributed by atoms with van der Waals surface area (Å²) in [5.74, 6) is 0.432. The van der Waals surface area contributed by atoms with Gasteiger partial charge in [-0.25, -0.2) is 0 Å². The fraction of sp³-hybridized carbons (Fsp3) is 0.0833. The molecule has 0 aliphatic heterocycles. The normalized spacial score (nSPS) is 19.2. The minimum atomic E-state index is 0.432. The second-order valence-electron chi connectivity index (χ2n) is 7.31. The zero-order chi connectivity index (χ0) is 15.4. The lowest BCUT2D eigenvalue weighted by atomic mass is 9.67. The lowest BCUT2D eigenvalue weighted by molar-refractivity contribution is 0.920. The molecular weight excluding hydrogens is 288 g/mol. The molecule has 7 rings (SSSR count).